The van der Waals surface area contributed by atoms with Gasteiger partial charge in [-0.25, -0.2) is 0 Å². The first kappa shape index (κ1) is 15.0. The Bertz CT molecular complexity index is 239. The number of hydrogen-bond donors (Lipinski definition) is 1. The highest BCUT2D eigenvalue weighted by atomic mass is 16.5. The van der Waals surface area contributed by atoms with Gasteiger partial charge in [0.1, 0.15) is 0 Å². The summed E-state index contributed by atoms with van der Waals surface area (Å²) in [5, 5.41) is 3.26. The van der Waals surface area contributed by atoms with Gasteiger partial charge in [-0.15, -0.1) is 0 Å². The van der Waals surface area contributed by atoms with Crippen molar-refractivity contribution in [3.8, 4) is 0 Å². The Kier molecular flexibility index (Phi) is 5.03. The lowest BCUT2D eigenvalue weighted by Crippen LogP contribution is -2.44. The third-order valence-corrected chi connectivity index (χ3v) is 4.10. The number of likely N-dealkylation sites (N-methyl/N-ethyl adjacent to an activating group) is 1. The van der Waals surface area contributed by atoms with Gasteiger partial charge in [-0.2, -0.15) is 0 Å². The predicted octanol–water partition coefficient (Wildman–Crippen LogP) is 3.61. The largest absolute Gasteiger partial charge is 0.371 e. The molecule has 0 amide bonds. The van der Waals surface area contributed by atoms with Crippen LogP contribution in [0.3, 0.4) is 0 Å². The lowest BCUT2D eigenvalue weighted by molar-refractivity contribution is -0.117. The molecule has 2 heteroatoms. The third-order valence-electron chi connectivity index (χ3n) is 4.10. The van der Waals surface area contributed by atoms with Crippen LogP contribution >= 0.6 is 0 Å². The highest BCUT2D eigenvalue weighted by molar-refractivity contribution is 4.86. The van der Waals surface area contributed by atoms with Crippen LogP contribution in [0.4, 0.5) is 0 Å². The monoisotopic (exact) mass is 241 g/mol. The zero-order valence-electron chi connectivity index (χ0n) is 12.6. The van der Waals surface area contributed by atoms with E-state index in [1.165, 1.54) is 19.3 Å². The first-order chi connectivity index (χ1) is 7.80. The molecular weight excluding hydrogens is 210 g/mol. The molecule has 1 saturated carbocycles. The molecule has 3 unspecified atom stereocenters. The van der Waals surface area contributed by atoms with Crippen LogP contribution in [0, 0.1) is 11.3 Å². The van der Waals surface area contributed by atoms with Crippen LogP contribution in [0.25, 0.3) is 0 Å². The summed E-state index contributed by atoms with van der Waals surface area (Å²) in [5.41, 5.74) is 0.434. The van der Waals surface area contributed by atoms with Gasteiger partial charge >= 0.3 is 0 Å². The molecule has 0 aliphatic heterocycles. The summed E-state index contributed by atoms with van der Waals surface area (Å²) in [7, 11) is 2.00. The first-order valence-corrected chi connectivity index (χ1v) is 7.13. The fourth-order valence-corrected chi connectivity index (χ4v) is 3.37. The van der Waals surface area contributed by atoms with E-state index in [0.717, 1.165) is 18.9 Å². The van der Waals surface area contributed by atoms with Gasteiger partial charge in [0.2, 0.25) is 0 Å². The molecule has 0 aromatic heterocycles. The summed E-state index contributed by atoms with van der Waals surface area (Å²) in [6, 6.07) is 0. The molecule has 0 spiro atoms. The fraction of sp³-hybridized carbons (Fsp3) is 1.00. The number of nitrogens with one attached hydrogen (secondary N) is 1. The van der Waals surface area contributed by atoms with E-state index in [1.54, 1.807) is 0 Å². The van der Waals surface area contributed by atoms with Gasteiger partial charge in [0.25, 0.3) is 0 Å². The van der Waals surface area contributed by atoms with Gasteiger partial charge in [-0.1, -0.05) is 27.7 Å². The molecule has 0 bridgehead atoms. The Balaban J connectivity index is 2.60. The minimum atomic E-state index is -0.00738. The predicted molar refractivity (Wildman–Crippen MR) is 74.3 cm³/mol. The van der Waals surface area contributed by atoms with E-state index in [9.17, 15) is 0 Å². The van der Waals surface area contributed by atoms with E-state index >= 15 is 0 Å². The fourth-order valence-electron chi connectivity index (χ4n) is 3.37. The summed E-state index contributed by atoms with van der Waals surface area (Å²) in [6.45, 7) is 12.5. The maximum atomic E-state index is 6.41. The smallest absolute Gasteiger partial charge is 0.0779 e. The quantitative estimate of drug-likeness (QED) is 0.794. The molecule has 1 aliphatic carbocycles. The van der Waals surface area contributed by atoms with E-state index < -0.39 is 0 Å². The molecule has 0 radical (unpaired) electrons. The average molecular weight is 241 g/mol. The second-order valence-electron chi connectivity index (χ2n) is 6.99. The second-order valence-corrected chi connectivity index (χ2v) is 6.99. The van der Waals surface area contributed by atoms with Crippen LogP contribution in [-0.4, -0.2) is 25.3 Å². The van der Waals surface area contributed by atoms with Gasteiger partial charge in [-0.05, 0) is 51.0 Å². The van der Waals surface area contributed by atoms with Gasteiger partial charge in [0.15, 0.2) is 0 Å². The number of hydrogen-bond acceptors (Lipinski definition) is 2. The van der Waals surface area contributed by atoms with Crippen molar-refractivity contribution in [2.24, 2.45) is 11.3 Å². The molecule has 0 heterocycles. The Morgan fingerprint density at radius 1 is 1.35 bits per heavy atom. The molecule has 0 saturated heterocycles. The van der Waals surface area contributed by atoms with E-state index in [2.05, 4.69) is 39.9 Å². The SMILES string of the molecule is CCC(C)(CNC)OC1CC(C)CC(C)(C)C1. The minimum absolute atomic E-state index is 0.00738. The molecule has 0 aromatic carbocycles. The van der Waals surface area contributed by atoms with E-state index in [-0.39, 0.29) is 5.60 Å². The zero-order chi connectivity index (χ0) is 13.1. The van der Waals surface area contributed by atoms with Crippen molar-refractivity contribution in [2.45, 2.75) is 72.0 Å². The highest BCUT2D eigenvalue weighted by Gasteiger charge is 2.36. The van der Waals surface area contributed by atoms with Crippen molar-refractivity contribution < 1.29 is 4.74 Å². The summed E-state index contributed by atoms with van der Waals surface area (Å²) >= 11 is 0. The Morgan fingerprint density at radius 3 is 2.47 bits per heavy atom. The normalized spacial score (nSPS) is 32.1. The Labute approximate surface area is 108 Å². The van der Waals surface area contributed by atoms with Crippen molar-refractivity contribution in [3.05, 3.63) is 0 Å². The van der Waals surface area contributed by atoms with Crippen LogP contribution in [0.15, 0.2) is 0 Å². The average Bonchev–Trinajstić information content (AvgIpc) is 2.14. The third kappa shape index (κ3) is 4.59. The van der Waals surface area contributed by atoms with Crippen molar-refractivity contribution in [1.82, 2.24) is 5.32 Å². The van der Waals surface area contributed by atoms with E-state index in [4.69, 9.17) is 4.74 Å². The topological polar surface area (TPSA) is 21.3 Å². The maximum absolute atomic E-state index is 6.41. The van der Waals surface area contributed by atoms with Gasteiger partial charge in [-0.3, -0.25) is 0 Å². The van der Waals surface area contributed by atoms with Crippen LogP contribution < -0.4 is 5.32 Å². The van der Waals surface area contributed by atoms with Gasteiger partial charge < -0.3 is 10.1 Å². The van der Waals surface area contributed by atoms with E-state index in [1.807, 2.05) is 7.05 Å². The summed E-state index contributed by atoms with van der Waals surface area (Å²) in [4.78, 5) is 0. The molecule has 1 N–H and O–H groups in total. The molecular formula is C15H31NO. The zero-order valence-corrected chi connectivity index (χ0v) is 12.6. The molecule has 1 rings (SSSR count). The van der Waals surface area contributed by atoms with Crippen molar-refractivity contribution in [2.75, 3.05) is 13.6 Å². The molecule has 3 atom stereocenters. The number of ether oxygens (including phenoxy) is 1. The van der Waals surface area contributed by atoms with Gasteiger partial charge in [0, 0.05) is 6.54 Å². The molecule has 1 aliphatic rings. The first-order valence-electron chi connectivity index (χ1n) is 7.13. The maximum Gasteiger partial charge on any atom is 0.0779 e. The standard InChI is InChI=1S/C15H31NO/c1-7-15(5,11-16-6)17-13-8-12(2)9-14(3,4)10-13/h12-13,16H,7-11H2,1-6H3. The Morgan fingerprint density at radius 2 is 2.00 bits per heavy atom. The Hall–Kier alpha value is -0.0800. The van der Waals surface area contributed by atoms with Gasteiger partial charge in [0.05, 0.1) is 11.7 Å². The molecule has 1 fully saturated rings. The van der Waals surface area contributed by atoms with Crippen molar-refractivity contribution in [1.29, 1.82) is 0 Å². The van der Waals surface area contributed by atoms with Crippen LogP contribution in [0.1, 0.15) is 60.3 Å². The molecule has 2 nitrogen and oxygen atoms in total. The molecule has 17 heavy (non-hydrogen) atoms. The number of rotatable bonds is 5. The van der Waals surface area contributed by atoms with E-state index in [0.29, 0.717) is 11.5 Å². The molecule has 102 valence electrons. The van der Waals surface area contributed by atoms with Crippen molar-refractivity contribution >= 4 is 0 Å². The van der Waals surface area contributed by atoms with Crippen LogP contribution in [0.2, 0.25) is 0 Å². The summed E-state index contributed by atoms with van der Waals surface area (Å²) < 4.78 is 6.41. The second kappa shape index (κ2) is 5.71. The van der Waals surface area contributed by atoms with Crippen molar-refractivity contribution in [3.63, 3.8) is 0 Å². The minimum Gasteiger partial charge on any atom is -0.371 e. The lowest BCUT2D eigenvalue weighted by Gasteiger charge is -2.42. The van der Waals surface area contributed by atoms with Crippen LogP contribution in [0.5, 0.6) is 0 Å². The molecule has 0 aromatic rings. The summed E-state index contributed by atoms with van der Waals surface area (Å²) in [5.74, 6) is 0.791. The summed E-state index contributed by atoms with van der Waals surface area (Å²) in [6.07, 6.45) is 5.27. The highest BCUT2D eigenvalue weighted by Crippen LogP contribution is 2.41. The van der Waals surface area contributed by atoms with Crippen LogP contribution in [-0.2, 0) is 4.74 Å². The lowest BCUT2D eigenvalue weighted by atomic mass is 9.71.